The van der Waals surface area contributed by atoms with E-state index in [1.807, 2.05) is 0 Å². The lowest BCUT2D eigenvalue weighted by atomic mass is 10.2. The monoisotopic (exact) mass is 346 g/mol. The first-order valence-electron chi connectivity index (χ1n) is 6.98. The molecule has 1 heterocycles. The summed E-state index contributed by atoms with van der Waals surface area (Å²) in [5.41, 5.74) is -2.31. The summed E-state index contributed by atoms with van der Waals surface area (Å²) in [7, 11) is 0. The van der Waals surface area contributed by atoms with Crippen LogP contribution in [0.2, 0.25) is 0 Å². The largest absolute Gasteiger partial charge is 0.435 e. The van der Waals surface area contributed by atoms with Crippen LogP contribution in [0, 0.1) is 5.82 Å². The van der Waals surface area contributed by atoms with E-state index < -0.39 is 35.9 Å². The molecule has 2 aromatic rings. The van der Waals surface area contributed by atoms with Gasteiger partial charge in [-0.2, -0.15) is 13.2 Å². The molecule has 0 saturated carbocycles. The minimum Gasteiger partial charge on any atom is -0.395 e. The van der Waals surface area contributed by atoms with Crippen molar-refractivity contribution in [2.75, 3.05) is 19.7 Å². The smallest absolute Gasteiger partial charge is 0.395 e. The maximum absolute atomic E-state index is 13.4. The van der Waals surface area contributed by atoms with Gasteiger partial charge in [0, 0.05) is 13.1 Å². The minimum atomic E-state index is -4.90. The quantitative estimate of drug-likeness (QED) is 0.839. The Balaban J connectivity index is 2.54. The van der Waals surface area contributed by atoms with Crippen LogP contribution in [0.3, 0.4) is 0 Å². The van der Waals surface area contributed by atoms with Gasteiger partial charge in [-0.25, -0.2) is 9.07 Å². The lowest BCUT2D eigenvalue weighted by Crippen LogP contribution is -2.35. The number of halogens is 4. The average Bonchev–Trinajstić information content (AvgIpc) is 2.98. The third-order valence-corrected chi connectivity index (χ3v) is 3.25. The summed E-state index contributed by atoms with van der Waals surface area (Å²) in [4.78, 5) is 13.3. The Morgan fingerprint density at radius 3 is 2.42 bits per heavy atom. The number of aliphatic hydroxyl groups is 1. The van der Waals surface area contributed by atoms with Crippen LogP contribution in [0.4, 0.5) is 17.6 Å². The molecule has 0 spiro atoms. The number of hydrogen-bond acceptors (Lipinski definition) is 4. The molecule has 6 nitrogen and oxygen atoms in total. The molecule has 130 valence electrons. The van der Waals surface area contributed by atoms with Crippen LogP contribution >= 0.6 is 0 Å². The molecule has 0 aliphatic rings. The summed E-state index contributed by atoms with van der Waals surface area (Å²) in [5.74, 6) is -1.61. The molecule has 0 radical (unpaired) electrons. The summed E-state index contributed by atoms with van der Waals surface area (Å²) >= 11 is 0. The number of hydrogen-bond donors (Lipinski definition) is 1. The van der Waals surface area contributed by atoms with Crippen LogP contribution in [-0.2, 0) is 6.18 Å². The van der Waals surface area contributed by atoms with E-state index in [2.05, 4.69) is 10.3 Å². The van der Waals surface area contributed by atoms with Crippen LogP contribution in [0.15, 0.2) is 24.3 Å². The van der Waals surface area contributed by atoms with Crippen molar-refractivity contribution in [3.8, 4) is 5.69 Å². The van der Waals surface area contributed by atoms with E-state index >= 15 is 0 Å². The van der Waals surface area contributed by atoms with Crippen molar-refractivity contribution in [2.45, 2.75) is 13.1 Å². The summed E-state index contributed by atoms with van der Waals surface area (Å²) < 4.78 is 53.7. The second-order valence-electron chi connectivity index (χ2n) is 4.78. The van der Waals surface area contributed by atoms with E-state index in [0.29, 0.717) is 4.68 Å². The first kappa shape index (κ1) is 17.9. The van der Waals surface area contributed by atoms with E-state index in [4.69, 9.17) is 5.11 Å². The van der Waals surface area contributed by atoms with Crippen molar-refractivity contribution in [1.29, 1.82) is 0 Å². The Bertz CT molecular complexity index is 713. The van der Waals surface area contributed by atoms with Crippen LogP contribution in [-0.4, -0.2) is 50.6 Å². The normalized spacial score (nSPS) is 11.6. The van der Waals surface area contributed by atoms with Crippen molar-refractivity contribution >= 4 is 5.91 Å². The highest BCUT2D eigenvalue weighted by atomic mass is 19.4. The number of alkyl halides is 3. The summed E-state index contributed by atoms with van der Waals surface area (Å²) in [6.07, 6.45) is -4.90. The molecule has 1 N–H and O–H groups in total. The topological polar surface area (TPSA) is 71.2 Å². The Labute approximate surface area is 134 Å². The maximum Gasteiger partial charge on any atom is 0.435 e. The number of benzene rings is 1. The van der Waals surface area contributed by atoms with Gasteiger partial charge >= 0.3 is 6.18 Å². The number of likely N-dealkylation sites (N-methyl/N-ethyl adjacent to an activating group) is 1. The minimum absolute atomic E-state index is 0.0829. The van der Waals surface area contributed by atoms with E-state index in [9.17, 15) is 22.4 Å². The zero-order chi connectivity index (χ0) is 17.9. The number of amides is 1. The summed E-state index contributed by atoms with van der Waals surface area (Å²) in [6.45, 7) is 1.13. The Morgan fingerprint density at radius 1 is 1.29 bits per heavy atom. The Morgan fingerprint density at radius 2 is 1.92 bits per heavy atom. The molecule has 0 saturated heterocycles. The van der Waals surface area contributed by atoms with Gasteiger partial charge in [0.15, 0.2) is 11.4 Å². The highest BCUT2D eigenvalue weighted by Gasteiger charge is 2.42. The van der Waals surface area contributed by atoms with Crippen LogP contribution < -0.4 is 0 Å². The molecule has 1 amide bonds. The third kappa shape index (κ3) is 3.53. The van der Waals surface area contributed by atoms with Gasteiger partial charge in [0.05, 0.1) is 12.3 Å². The number of aromatic nitrogens is 3. The van der Waals surface area contributed by atoms with Crippen molar-refractivity contribution in [1.82, 2.24) is 19.9 Å². The predicted molar refractivity (Wildman–Crippen MR) is 75.0 cm³/mol. The fourth-order valence-corrected chi connectivity index (χ4v) is 2.12. The SMILES string of the molecule is CCN(CCO)C(=O)c1nnn(-c2ccc(F)cc2)c1C(F)(F)F. The highest BCUT2D eigenvalue weighted by molar-refractivity contribution is 5.93. The van der Waals surface area contributed by atoms with Gasteiger partial charge in [-0.05, 0) is 31.2 Å². The molecular formula is C14H14F4N4O2. The molecule has 0 aliphatic heterocycles. The fraction of sp³-hybridized carbons (Fsp3) is 0.357. The van der Waals surface area contributed by atoms with Gasteiger partial charge in [-0.15, -0.1) is 5.10 Å². The molecule has 2 rings (SSSR count). The molecule has 1 aromatic heterocycles. The first-order chi connectivity index (χ1) is 11.3. The zero-order valence-corrected chi connectivity index (χ0v) is 12.6. The van der Waals surface area contributed by atoms with E-state index in [1.165, 1.54) is 0 Å². The second-order valence-corrected chi connectivity index (χ2v) is 4.78. The average molecular weight is 346 g/mol. The summed E-state index contributed by atoms with van der Waals surface area (Å²) in [6, 6.07) is 4.14. The van der Waals surface area contributed by atoms with Crippen molar-refractivity contribution in [2.24, 2.45) is 0 Å². The molecule has 0 fully saturated rings. The molecule has 0 aliphatic carbocycles. The zero-order valence-electron chi connectivity index (χ0n) is 12.6. The lowest BCUT2D eigenvalue weighted by Gasteiger charge is -2.19. The van der Waals surface area contributed by atoms with Crippen molar-refractivity contribution in [3.05, 3.63) is 41.5 Å². The first-order valence-corrected chi connectivity index (χ1v) is 6.98. The molecule has 0 atom stereocenters. The lowest BCUT2D eigenvalue weighted by molar-refractivity contribution is -0.143. The van der Waals surface area contributed by atoms with E-state index in [0.717, 1.165) is 29.2 Å². The number of rotatable bonds is 5. The molecule has 24 heavy (non-hydrogen) atoms. The Hall–Kier alpha value is -2.49. The van der Waals surface area contributed by atoms with Crippen LogP contribution in [0.5, 0.6) is 0 Å². The number of carbonyl (C=O) groups excluding carboxylic acids is 1. The number of aliphatic hydroxyl groups excluding tert-OH is 1. The fourth-order valence-electron chi connectivity index (χ4n) is 2.12. The molecule has 10 heteroatoms. The van der Waals surface area contributed by atoms with Gasteiger partial charge in [0.25, 0.3) is 5.91 Å². The van der Waals surface area contributed by atoms with E-state index in [-0.39, 0.29) is 18.8 Å². The number of nitrogens with zero attached hydrogens (tertiary/aromatic N) is 4. The van der Waals surface area contributed by atoms with Crippen molar-refractivity contribution in [3.63, 3.8) is 0 Å². The molecule has 1 aromatic carbocycles. The third-order valence-electron chi connectivity index (χ3n) is 3.25. The van der Waals surface area contributed by atoms with Crippen LogP contribution in [0.25, 0.3) is 5.69 Å². The van der Waals surface area contributed by atoms with E-state index in [1.54, 1.807) is 6.92 Å². The molecular weight excluding hydrogens is 332 g/mol. The van der Waals surface area contributed by atoms with Gasteiger partial charge in [-0.3, -0.25) is 4.79 Å². The Kier molecular flexibility index (Phi) is 5.17. The van der Waals surface area contributed by atoms with Gasteiger partial charge in [0.1, 0.15) is 5.82 Å². The highest BCUT2D eigenvalue weighted by Crippen LogP contribution is 2.33. The molecule has 0 unspecified atom stereocenters. The second kappa shape index (κ2) is 6.95. The summed E-state index contributed by atoms with van der Waals surface area (Å²) in [5, 5.41) is 15.7. The van der Waals surface area contributed by atoms with Gasteiger partial charge in [-0.1, -0.05) is 5.21 Å². The number of carbonyl (C=O) groups is 1. The maximum atomic E-state index is 13.4. The van der Waals surface area contributed by atoms with Gasteiger partial charge < -0.3 is 10.0 Å². The predicted octanol–water partition coefficient (Wildman–Crippen LogP) is 1.88. The molecule has 0 bridgehead atoms. The van der Waals surface area contributed by atoms with Crippen molar-refractivity contribution < 1.29 is 27.5 Å². The van der Waals surface area contributed by atoms with Crippen LogP contribution in [0.1, 0.15) is 23.1 Å². The standard InChI is InChI=1S/C14H14F4N4O2/c1-2-21(7-8-23)13(24)11-12(14(16,17)18)22(20-19-11)10-5-3-9(15)4-6-10/h3-6,23H,2,7-8H2,1H3. The van der Waals surface area contributed by atoms with Gasteiger partial charge in [0.2, 0.25) is 0 Å².